The Balaban J connectivity index is 2.31. The van der Waals surface area contributed by atoms with Crippen LogP contribution in [0.5, 0.6) is 0 Å². The van der Waals surface area contributed by atoms with E-state index < -0.39 is 12.1 Å². The molecule has 0 aromatic heterocycles. The average molecular weight is 241 g/mol. The van der Waals surface area contributed by atoms with Crippen LogP contribution in [0.2, 0.25) is 0 Å². The van der Waals surface area contributed by atoms with Crippen molar-refractivity contribution in [1.82, 2.24) is 5.32 Å². The van der Waals surface area contributed by atoms with Gasteiger partial charge in [-0.3, -0.25) is 4.79 Å². The molecule has 0 radical (unpaired) electrons. The summed E-state index contributed by atoms with van der Waals surface area (Å²) in [5.74, 6) is -0.615. The lowest BCUT2D eigenvalue weighted by molar-refractivity contribution is -0.138. The summed E-state index contributed by atoms with van der Waals surface area (Å²) in [7, 11) is 0. The van der Waals surface area contributed by atoms with Gasteiger partial charge in [0.15, 0.2) is 0 Å². The third-order valence-corrected chi connectivity index (χ3v) is 2.90. The molecule has 0 aromatic carbocycles. The molecule has 2 N–H and O–H groups in total. The van der Waals surface area contributed by atoms with Crippen LogP contribution in [0.25, 0.3) is 0 Å². The predicted molar refractivity (Wildman–Crippen MR) is 62.7 cm³/mol. The summed E-state index contributed by atoms with van der Waals surface area (Å²) in [6.45, 7) is 3.65. The number of hydrogen-bond donors (Lipinski definition) is 2. The second-order valence-corrected chi connectivity index (χ2v) is 4.36. The second kappa shape index (κ2) is 6.93. The first-order valence-electron chi connectivity index (χ1n) is 5.87. The second-order valence-electron chi connectivity index (χ2n) is 4.36. The quantitative estimate of drug-likeness (QED) is 0.721. The van der Waals surface area contributed by atoms with Crippen LogP contribution in [-0.4, -0.2) is 29.8 Å². The number of hydrogen-bond acceptors (Lipinski definition) is 3. The highest BCUT2D eigenvalue weighted by Gasteiger charge is 2.25. The highest BCUT2D eigenvalue weighted by atomic mass is 16.5. The van der Waals surface area contributed by atoms with Crippen LogP contribution in [0.3, 0.4) is 0 Å². The van der Waals surface area contributed by atoms with E-state index in [2.05, 4.69) is 11.9 Å². The largest absolute Gasteiger partial charge is 0.481 e. The molecule has 1 saturated carbocycles. The molecular weight excluding hydrogens is 222 g/mol. The minimum absolute atomic E-state index is 0.0328. The first-order chi connectivity index (χ1) is 8.11. The summed E-state index contributed by atoms with van der Waals surface area (Å²) in [6.07, 6.45) is 4.71. The van der Waals surface area contributed by atoms with Crippen molar-refractivity contribution in [3.05, 3.63) is 12.7 Å². The zero-order valence-electron chi connectivity index (χ0n) is 9.85. The Kier molecular flexibility index (Phi) is 5.52. The number of carboxylic acids is 1. The molecule has 1 aliphatic rings. The maximum Gasteiger partial charge on any atom is 0.407 e. The van der Waals surface area contributed by atoms with Gasteiger partial charge < -0.3 is 15.2 Å². The molecule has 96 valence electrons. The smallest absolute Gasteiger partial charge is 0.407 e. The van der Waals surface area contributed by atoms with Gasteiger partial charge in [0.25, 0.3) is 0 Å². The Labute approximate surface area is 101 Å². The highest BCUT2D eigenvalue weighted by molar-refractivity contribution is 5.68. The fraction of sp³-hybridized carbons (Fsp3) is 0.667. The average Bonchev–Trinajstić information content (AvgIpc) is 2.26. The Morgan fingerprint density at radius 2 is 2.24 bits per heavy atom. The van der Waals surface area contributed by atoms with Crippen molar-refractivity contribution in [2.24, 2.45) is 5.92 Å². The van der Waals surface area contributed by atoms with Crippen LogP contribution in [0, 0.1) is 5.92 Å². The van der Waals surface area contributed by atoms with Gasteiger partial charge >= 0.3 is 12.1 Å². The molecule has 0 spiro atoms. The minimum atomic E-state index is -0.773. The number of amides is 1. The molecule has 0 bridgehead atoms. The Hall–Kier alpha value is -1.52. The molecule has 1 amide bonds. The van der Waals surface area contributed by atoms with Crippen molar-refractivity contribution in [3.63, 3.8) is 0 Å². The Morgan fingerprint density at radius 3 is 2.88 bits per heavy atom. The van der Waals surface area contributed by atoms with E-state index in [0.717, 1.165) is 25.7 Å². The van der Waals surface area contributed by atoms with Crippen LogP contribution in [0.1, 0.15) is 32.1 Å². The SMILES string of the molecule is C=CCOC(=O)N[C@H]1CCC[C@@H](CC(=O)O)C1. The van der Waals surface area contributed by atoms with E-state index in [4.69, 9.17) is 9.84 Å². The van der Waals surface area contributed by atoms with Crippen molar-refractivity contribution >= 4 is 12.1 Å². The van der Waals surface area contributed by atoms with Gasteiger partial charge in [-0.05, 0) is 25.2 Å². The number of carboxylic acid groups (broad SMARTS) is 1. The number of ether oxygens (including phenoxy) is 1. The molecule has 1 rings (SSSR count). The molecule has 5 nitrogen and oxygen atoms in total. The molecule has 0 heterocycles. The Morgan fingerprint density at radius 1 is 1.47 bits per heavy atom. The maximum atomic E-state index is 11.3. The molecule has 0 saturated heterocycles. The van der Waals surface area contributed by atoms with Crippen LogP contribution >= 0.6 is 0 Å². The standard InChI is InChI=1S/C12H19NO4/c1-2-6-17-12(16)13-10-5-3-4-9(7-10)8-11(14)15/h2,9-10H,1,3-8H2,(H,13,16)(H,14,15)/t9-,10+/m1/s1. The molecule has 2 atom stereocenters. The van der Waals surface area contributed by atoms with E-state index in [-0.39, 0.29) is 25.0 Å². The molecule has 5 heteroatoms. The fourth-order valence-corrected chi connectivity index (χ4v) is 2.20. The maximum absolute atomic E-state index is 11.3. The zero-order valence-corrected chi connectivity index (χ0v) is 9.85. The third kappa shape index (κ3) is 5.38. The normalized spacial score (nSPS) is 23.8. The van der Waals surface area contributed by atoms with Gasteiger partial charge in [0.2, 0.25) is 0 Å². The number of carbonyl (C=O) groups is 2. The number of alkyl carbamates (subject to hydrolysis) is 1. The van der Waals surface area contributed by atoms with Gasteiger partial charge in [-0.25, -0.2) is 4.79 Å². The molecule has 17 heavy (non-hydrogen) atoms. The highest BCUT2D eigenvalue weighted by Crippen LogP contribution is 2.26. The number of aliphatic carboxylic acids is 1. The van der Waals surface area contributed by atoms with Gasteiger partial charge in [-0.15, -0.1) is 0 Å². The lowest BCUT2D eigenvalue weighted by Crippen LogP contribution is -2.39. The van der Waals surface area contributed by atoms with Crippen molar-refractivity contribution in [2.45, 2.75) is 38.1 Å². The first kappa shape index (κ1) is 13.5. The van der Waals surface area contributed by atoms with Crippen molar-refractivity contribution in [1.29, 1.82) is 0 Å². The van der Waals surface area contributed by atoms with Gasteiger partial charge in [0, 0.05) is 12.5 Å². The van der Waals surface area contributed by atoms with Crippen LogP contribution < -0.4 is 5.32 Å². The lowest BCUT2D eigenvalue weighted by Gasteiger charge is -2.28. The number of nitrogens with one attached hydrogen (secondary N) is 1. The number of carbonyl (C=O) groups excluding carboxylic acids is 1. The van der Waals surface area contributed by atoms with Crippen LogP contribution in [0.4, 0.5) is 4.79 Å². The van der Waals surface area contributed by atoms with E-state index in [1.807, 2.05) is 0 Å². The molecule has 0 aliphatic heterocycles. The summed E-state index contributed by atoms with van der Waals surface area (Å²) >= 11 is 0. The molecule has 1 aliphatic carbocycles. The summed E-state index contributed by atoms with van der Waals surface area (Å²) < 4.78 is 4.83. The molecule has 1 fully saturated rings. The first-order valence-corrected chi connectivity index (χ1v) is 5.87. The molecular formula is C12H19NO4. The van der Waals surface area contributed by atoms with Gasteiger partial charge in [-0.1, -0.05) is 19.1 Å². The van der Waals surface area contributed by atoms with E-state index in [1.165, 1.54) is 6.08 Å². The lowest BCUT2D eigenvalue weighted by atomic mass is 9.84. The molecule has 0 unspecified atom stereocenters. The van der Waals surface area contributed by atoms with Crippen LogP contribution in [-0.2, 0) is 9.53 Å². The van der Waals surface area contributed by atoms with Gasteiger partial charge in [-0.2, -0.15) is 0 Å². The third-order valence-electron chi connectivity index (χ3n) is 2.90. The summed E-state index contributed by atoms with van der Waals surface area (Å²) in [4.78, 5) is 21.9. The van der Waals surface area contributed by atoms with Crippen LogP contribution in [0.15, 0.2) is 12.7 Å². The van der Waals surface area contributed by atoms with Crippen molar-refractivity contribution < 1.29 is 19.4 Å². The van der Waals surface area contributed by atoms with E-state index in [9.17, 15) is 9.59 Å². The van der Waals surface area contributed by atoms with Gasteiger partial charge in [0.1, 0.15) is 6.61 Å². The summed E-state index contributed by atoms with van der Waals surface area (Å²) in [5, 5.41) is 11.5. The molecule has 0 aromatic rings. The van der Waals surface area contributed by atoms with E-state index in [1.54, 1.807) is 0 Å². The Bertz CT molecular complexity index is 290. The zero-order chi connectivity index (χ0) is 12.7. The number of rotatable bonds is 5. The summed E-state index contributed by atoms with van der Waals surface area (Å²) in [5.41, 5.74) is 0. The monoisotopic (exact) mass is 241 g/mol. The van der Waals surface area contributed by atoms with E-state index in [0.29, 0.717) is 0 Å². The topological polar surface area (TPSA) is 75.6 Å². The van der Waals surface area contributed by atoms with E-state index >= 15 is 0 Å². The minimum Gasteiger partial charge on any atom is -0.481 e. The van der Waals surface area contributed by atoms with Crippen molar-refractivity contribution in [2.75, 3.05) is 6.61 Å². The summed E-state index contributed by atoms with van der Waals surface area (Å²) in [6, 6.07) is 0.0328. The predicted octanol–water partition coefficient (Wildman–Crippen LogP) is 1.93. The fourth-order valence-electron chi connectivity index (χ4n) is 2.20. The van der Waals surface area contributed by atoms with Gasteiger partial charge in [0.05, 0.1) is 0 Å². The van der Waals surface area contributed by atoms with Crippen molar-refractivity contribution in [3.8, 4) is 0 Å².